The molecule has 0 aliphatic carbocycles. The van der Waals surface area contributed by atoms with E-state index in [4.69, 9.17) is 14.2 Å². The number of nitrogens with one attached hydrogen (secondary N) is 1. The quantitative estimate of drug-likeness (QED) is 0.541. The predicted octanol–water partition coefficient (Wildman–Crippen LogP) is 2.79. The van der Waals surface area contributed by atoms with Gasteiger partial charge in [-0.2, -0.15) is 13.5 Å². The van der Waals surface area contributed by atoms with E-state index in [9.17, 15) is 8.42 Å². The van der Waals surface area contributed by atoms with Gasteiger partial charge < -0.3 is 14.2 Å². The van der Waals surface area contributed by atoms with Crippen molar-refractivity contribution in [2.75, 3.05) is 21.3 Å². The van der Waals surface area contributed by atoms with Gasteiger partial charge in [0.2, 0.25) is 5.75 Å². The molecule has 9 heteroatoms. The van der Waals surface area contributed by atoms with E-state index in [0.29, 0.717) is 22.8 Å². The molecule has 7 nitrogen and oxygen atoms in total. The first-order chi connectivity index (χ1) is 11.9. The Morgan fingerprint density at radius 2 is 1.56 bits per heavy atom. The standard InChI is InChI=1S/C16H17BrN2O5S/c1-22-14-8-11(9-15(23-2)16(14)24-3)10-18-19-25(20,21)13-6-4-12(17)5-7-13/h4-10,19H,1-3H3/b18-10-. The lowest BCUT2D eigenvalue weighted by molar-refractivity contribution is 0.324. The molecular weight excluding hydrogens is 412 g/mol. The highest BCUT2D eigenvalue weighted by Gasteiger charge is 2.14. The van der Waals surface area contributed by atoms with E-state index in [1.165, 1.54) is 39.7 Å². The summed E-state index contributed by atoms with van der Waals surface area (Å²) in [5.41, 5.74) is 0.577. The third kappa shape index (κ3) is 4.64. The fourth-order valence-electron chi connectivity index (χ4n) is 2.01. The maximum atomic E-state index is 12.2. The van der Waals surface area contributed by atoms with Crippen molar-refractivity contribution in [2.45, 2.75) is 4.90 Å². The molecule has 0 atom stereocenters. The Kier molecular flexibility index (Phi) is 6.27. The minimum Gasteiger partial charge on any atom is -0.493 e. The lowest BCUT2D eigenvalue weighted by atomic mass is 10.2. The molecule has 0 saturated carbocycles. The number of hydrazone groups is 1. The Labute approximate surface area is 154 Å². The van der Waals surface area contributed by atoms with Gasteiger partial charge in [-0.1, -0.05) is 15.9 Å². The van der Waals surface area contributed by atoms with E-state index in [2.05, 4.69) is 25.9 Å². The summed E-state index contributed by atoms with van der Waals surface area (Å²) >= 11 is 3.26. The Balaban J connectivity index is 2.23. The summed E-state index contributed by atoms with van der Waals surface area (Å²) in [7, 11) is 0.742. The summed E-state index contributed by atoms with van der Waals surface area (Å²) in [6.45, 7) is 0. The Bertz CT molecular complexity index is 842. The number of halogens is 1. The number of ether oxygens (including phenoxy) is 3. The zero-order chi connectivity index (χ0) is 18.4. The van der Waals surface area contributed by atoms with Gasteiger partial charge in [0.15, 0.2) is 11.5 Å². The van der Waals surface area contributed by atoms with Gasteiger partial charge >= 0.3 is 0 Å². The van der Waals surface area contributed by atoms with Crippen LogP contribution in [0.25, 0.3) is 0 Å². The van der Waals surface area contributed by atoms with Crippen LogP contribution < -0.4 is 19.0 Å². The van der Waals surface area contributed by atoms with Crippen LogP contribution in [0.3, 0.4) is 0 Å². The van der Waals surface area contributed by atoms with Crippen molar-refractivity contribution in [1.29, 1.82) is 0 Å². The van der Waals surface area contributed by atoms with Crippen molar-refractivity contribution in [2.24, 2.45) is 5.10 Å². The van der Waals surface area contributed by atoms with Crippen LogP contribution in [0, 0.1) is 0 Å². The van der Waals surface area contributed by atoms with E-state index in [-0.39, 0.29) is 4.90 Å². The van der Waals surface area contributed by atoms with Crippen LogP contribution in [0.4, 0.5) is 0 Å². The first kappa shape index (κ1) is 19.1. The second-order valence-electron chi connectivity index (χ2n) is 4.77. The lowest BCUT2D eigenvalue weighted by Gasteiger charge is -2.12. The van der Waals surface area contributed by atoms with Crippen LogP contribution in [-0.2, 0) is 10.0 Å². The van der Waals surface area contributed by atoms with Gasteiger partial charge in [0, 0.05) is 10.0 Å². The topological polar surface area (TPSA) is 86.2 Å². The number of nitrogens with zero attached hydrogens (tertiary/aromatic N) is 1. The Morgan fingerprint density at radius 3 is 2.04 bits per heavy atom. The minimum absolute atomic E-state index is 0.109. The normalized spacial score (nSPS) is 11.4. The van der Waals surface area contributed by atoms with Gasteiger partial charge in [-0.15, -0.1) is 0 Å². The van der Waals surface area contributed by atoms with Crippen LogP contribution in [0.2, 0.25) is 0 Å². The zero-order valence-corrected chi connectivity index (χ0v) is 16.2. The Hall–Kier alpha value is -2.26. The second-order valence-corrected chi connectivity index (χ2v) is 7.34. The molecule has 2 aromatic rings. The summed E-state index contributed by atoms with van der Waals surface area (Å²) in [5, 5.41) is 3.79. The predicted molar refractivity (Wildman–Crippen MR) is 98.2 cm³/mol. The number of rotatable bonds is 7. The fraction of sp³-hybridized carbons (Fsp3) is 0.188. The molecule has 0 fully saturated rings. The average Bonchev–Trinajstić information content (AvgIpc) is 2.61. The summed E-state index contributed by atoms with van der Waals surface area (Å²) in [6.07, 6.45) is 1.35. The van der Waals surface area contributed by atoms with E-state index < -0.39 is 10.0 Å². The summed E-state index contributed by atoms with van der Waals surface area (Å²) < 4.78 is 40.8. The number of hydrogen-bond acceptors (Lipinski definition) is 6. The van der Waals surface area contributed by atoms with Crippen molar-refractivity contribution in [3.63, 3.8) is 0 Å². The molecule has 25 heavy (non-hydrogen) atoms. The highest BCUT2D eigenvalue weighted by atomic mass is 79.9. The van der Waals surface area contributed by atoms with Gasteiger partial charge in [-0.05, 0) is 36.4 Å². The molecule has 0 radical (unpaired) electrons. The SMILES string of the molecule is COc1cc(/C=N\NS(=O)(=O)c2ccc(Br)cc2)cc(OC)c1OC. The van der Waals surface area contributed by atoms with Crippen LogP contribution in [0.1, 0.15) is 5.56 Å². The number of benzene rings is 2. The van der Waals surface area contributed by atoms with Crippen molar-refractivity contribution < 1.29 is 22.6 Å². The van der Waals surface area contributed by atoms with Crippen LogP contribution in [-0.4, -0.2) is 36.0 Å². The highest BCUT2D eigenvalue weighted by Crippen LogP contribution is 2.37. The molecular formula is C16H17BrN2O5S. The van der Waals surface area contributed by atoms with E-state index >= 15 is 0 Å². The average molecular weight is 429 g/mol. The molecule has 0 amide bonds. The first-order valence-corrected chi connectivity index (χ1v) is 9.29. The highest BCUT2D eigenvalue weighted by molar-refractivity contribution is 9.10. The molecule has 2 rings (SSSR count). The maximum absolute atomic E-state index is 12.2. The van der Waals surface area contributed by atoms with Gasteiger partial charge in [-0.25, -0.2) is 4.83 Å². The molecule has 0 spiro atoms. The third-order valence-electron chi connectivity index (χ3n) is 3.20. The molecule has 0 aromatic heterocycles. The maximum Gasteiger partial charge on any atom is 0.276 e. The molecule has 0 saturated heterocycles. The first-order valence-electron chi connectivity index (χ1n) is 7.01. The van der Waals surface area contributed by atoms with Crippen molar-refractivity contribution in [3.05, 3.63) is 46.4 Å². The largest absolute Gasteiger partial charge is 0.493 e. The van der Waals surface area contributed by atoms with Gasteiger partial charge in [0.1, 0.15) is 0 Å². The van der Waals surface area contributed by atoms with E-state index in [0.717, 1.165) is 4.47 Å². The molecule has 0 unspecified atom stereocenters. The number of hydrogen-bond donors (Lipinski definition) is 1. The molecule has 0 aliphatic heterocycles. The van der Waals surface area contributed by atoms with Crippen LogP contribution in [0.5, 0.6) is 17.2 Å². The van der Waals surface area contributed by atoms with E-state index in [1.54, 1.807) is 24.3 Å². The number of sulfonamides is 1. The van der Waals surface area contributed by atoms with Crippen molar-refractivity contribution in [3.8, 4) is 17.2 Å². The monoisotopic (exact) mass is 428 g/mol. The summed E-state index contributed by atoms with van der Waals surface area (Å²) in [4.78, 5) is 2.27. The van der Waals surface area contributed by atoms with Gasteiger partial charge in [0.25, 0.3) is 10.0 Å². The molecule has 1 N–H and O–H groups in total. The van der Waals surface area contributed by atoms with Crippen LogP contribution >= 0.6 is 15.9 Å². The molecule has 0 bridgehead atoms. The molecule has 2 aromatic carbocycles. The van der Waals surface area contributed by atoms with Crippen molar-refractivity contribution in [1.82, 2.24) is 4.83 Å². The van der Waals surface area contributed by atoms with E-state index in [1.807, 2.05) is 0 Å². The summed E-state index contributed by atoms with van der Waals surface area (Å²) in [5.74, 6) is 1.33. The third-order valence-corrected chi connectivity index (χ3v) is 4.96. The Morgan fingerprint density at radius 1 is 1.00 bits per heavy atom. The molecule has 134 valence electrons. The van der Waals surface area contributed by atoms with Gasteiger partial charge in [-0.3, -0.25) is 0 Å². The minimum atomic E-state index is -3.75. The summed E-state index contributed by atoms with van der Waals surface area (Å²) in [6, 6.07) is 9.52. The molecule has 0 heterocycles. The fourth-order valence-corrected chi connectivity index (χ4v) is 3.07. The number of methoxy groups -OCH3 is 3. The molecule has 0 aliphatic rings. The zero-order valence-electron chi connectivity index (χ0n) is 13.8. The second kappa shape index (κ2) is 8.21. The smallest absolute Gasteiger partial charge is 0.276 e. The van der Waals surface area contributed by atoms with Gasteiger partial charge in [0.05, 0.1) is 32.4 Å². The van der Waals surface area contributed by atoms with Crippen LogP contribution in [0.15, 0.2) is 50.9 Å². The van der Waals surface area contributed by atoms with Crippen molar-refractivity contribution >= 4 is 32.2 Å². The lowest BCUT2D eigenvalue weighted by Crippen LogP contribution is -2.18.